The number of benzene rings is 1. The minimum Gasteiger partial charge on any atom is -0.487 e. The van der Waals surface area contributed by atoms with Gasteiger partial charge < -0.3 is 14.8 Å². The second-order valence-electron chi connectivity index (χ2n) is 7.19. The summed E-state index contributed by atoms with van der Waals surface area (Å²) >= 11 is 0. The van der Waals surface area contributed by atoms with Crippen molar-refractivity contribution < 1.29 is 14.3 Å². The molecule has 3 heterocycles. The number of hydrogen-bond acceptors (Lipinski definition) is 5. The van der Waals surface area contributed by atoms with Crippen LogP contribution in [0.25, 0.3) is 0 Å². The highest BCUT2D eigenvalue weighted by atomic mass is 16.5. The Bertz CT molecular complexity index is 756. The molecule has 2 aliphatic heterocycles. The number of aromatic nitrogens is 3. The lowest BCUT2D eigenvalue weighted by atomic mass is 9.82. The van der Waals surface area contributed by atoms with E-state index in [0.717, 1.165) is 30.6 Å². The van der Waals surface area contributed by atoms with Crippen LogP contribution in [0.15, 0.2) is 36.9 Å². The zero-order valence-electron chi connectivity index (χ0n) is 14.9. The molecule has 2 atom stereocenters. The van der Waals surface area contributed by atoms with E-state index in [2.05, 4.69) is 15.4 Å². The molecule has 2 aliphatic rings. The Kier molecular flexibility index (Phi) is 4.63. The number of carbonyl (C=O) groups excluding carboxylic acids is 1. The van der Waals surface area contributed by atoms with E-state index in [0.29, 0.717) is 19.6 Å². The van der Waals surface area contributed by atoms with Gasteiger partial charge in [0.15, 0.2) is 0 Å². The number of nitrogens with one attached hydrogen (secondary N) is 1. The van der Waals surface area contributed by atoms with Crippen LogP contribution in [0.4, 0.5) is 0 Å². The van der Waals surface area contributed by atoms with Gasteiger partial charge in [-0.15, -0.1) is 0 Å². The van der Waals surface area contributed by atoms with Crippen LogP contribution in [0.1, 0.15) is 50.3 Å². The van der Waals surface area contributed by atoms with Crippen LogP contribution >= 0.6 is 0 Å². The third-order valence-electron chi connectivity index (χ3n) is 5.31. The number of amides is 1. The van der Waals surface area contributed by atoms with Crippen molar-refractivity contribution in [3.63, 3.8) is 0 Å². The number of fused-ring (bicyclic) bond motifs is 1. The molecule has 4 rings (SSSR count). The van der Waals surface area contributed by atoms with Crippen molar-refractivity contribution in [3.05, 3.63) is 42.5 Å². The van der Waals surface area contributed by atoms with Crippen molar-refractivity contribution in [1.82, 2.24) is 20.1 Å². The van der Waals surface area contributed by atoms with E-state index in [9.17, 15) is 4.79 Å². The van der Waals surface area contributed by atoms with Crippen molar-refractivity contribution in [2.45, 2.75) is 50.3 Å². The van der Waals surface area contributed by atoms with Gasteiger partial charge in [0.25, 0.3) is 0 Å². The molecule has 2 aromatic rings. The van der Waals surface area contributed by atoms with Crippen molar-refractivity contribution in [3.8, 4) is 5.75 Å². The number of nitrogens with zero attached hydrogens (tertiary/aromatic N) is 3. The van der Waals surface area contributed by atoms with Gasteiger partial charge in [-0.1, -0.05) is 18.2 Å². The molecular formula is C19H24N4O3. The Balaban J connectivity index is 1.50. The van der Waals surface area contributed by atoms with Crippen LogP contribution in [0.2, 0.25) is 0 Å². The van der Waals surface area contributed by atoms with Gasteiger partial charge in [-0.25, -0.2) is 9.67 Å². The summed E-state index contributed by atoms with van der Waals surface area (Å²) in [4.78, 5) is 16.6. The van der Waals surface area contributed by atoms with Gasteiger partial charge in [0, 0.05) is 31.2 Å². The van der Waals surface area contributed by atoms with Gasteiger partial charge in [0.2, 0.25) is 5.91 Å². The molecule has 0 aliphatic carbocycles. The van der Waals surface area contributed by atoms with Crippen LogP contribution < -0.4 is 10.1 Å². The van der Waals surface area contributed by atoms with Crippen LogP contribution in [-0.2, 0) is 9.53 Å². The van der Waals surface area contributed by atoms with Crippen molar-refractivity contribution in [2.24, 2.45) is 0 Å². The molecule has 1 saturated heterocycles. The maximum absolute atomic E-state index is 12.7. The van der Waals surface area contributed by atoms with E-state index < -0.39 is 0 Å². The van der Waals surface area contributed by atoms with Crippen molar-refractivity contribution in [1.29, 1.82) is 0 Å². The highest BCUT2D eigenvalue weighted by Gasteiger charge is 2.42. The van der Waals surface area contributed by atoms with Crippen LogP contribution in [0.3, 0.4) is 0 Å². The normalized spacial score (nSPS) is 22.3. The molecule has 1 N–H and O–H groups in total. The largest absolute Gasteiger partial charge is 0.487 e. The zero-order valence-corrected chi connectivity index (χ0v) is 14.9. The third-order valence-corrected chi connectivity index (χ3v) is 5.31. The molecule has 0 unspecified atom stereocenters. The lowest BCUT2D eigenvalue weighted by molar-refractivity contribution is -0.123. The smallest absolute Gasteiger partial charge is 0.222 e. The summed E-state index contributed by atoms with van der Waals surface area (Å²) in [6.45, 7) is 3.37. The van der Waals surface area contributed by atoms with Crippen molar-refractivity contribution in [2.75, 3.05) is 13.2 Å². The van der Waals surface area contributed by atoms with Crippen molar-refractivity contribution >= 4 is 5.91 Å². The quantitative estimate of drug-likeness (QED) is 0.910. The van der Waals surface area contributed by atoms with E-state index in [1.54, 1.807) is 11.0 Å². The third kappa shape index (κ3) is 3.44. The first-order valence-corrected chi connectivity index (χ1v) is 9.14. The van der Waals surface area contributed by atoms with E-state index in [-0.39, 0.29) is 23.6 Å². The summed E-state index contributed by atoms with van der Waals surface area (Å²) in [6.07, 6.45) is 5.96. The predicted molar refractivity (Wildman–Crippen MR) is 94.7 cm³/mol. The fourth-order valence-corrected chi connectivity index (χ4v) is 3.86. The number of ether oxygens (including phenoxy) is 2. The van der Waals surface area contributed by atoms with Gasteiger partial charge in [0.1, 0.15) is 24.0 Å². The predicted octanol–water partition coefficient (Wildman–Crippen LogP) is 2.42. The summed E-state index contributed by atoms with van der Waals surface area (Å²) in [5, 5.41) is 7.33. The van der Waals surface area contributed by atoms with E-state index in [1.165, 1.54) is 6.33 Å². The summed E-state index contributed by atoms with van der Waals surface area (Å²) in [5.74, 6) is 0.882. The monoisotopic (exact) mass is 356 g/mol. The molecule has 7 heteroatoms. The standard InChI is InChI=1S/C19H24N4O3/c1-14(23-13-20-12-21-23)10-18(24)22-16-11-19(6-8-25-9-7-19)26-17-5-3-2-4-15(16)17/h2-5,12-14,16H,6-11H2,1H3,(H,22,24)/t14-,16+/m1/s1. The molecule has 1 fully saturated rings. The maximum atomic E-state index is 12.7. The Labute approximate surface area is 152 Å². The molecule has 1 aromatic heterocycles. The summed E-state index contributed by atoms with van der Waals surface area (Å²) < 4.78 is 13.6. The minimum absolute atomic E-state index is 0.0110. The van der Waals surface area contributed by atoms with Crippen LogP contribution in [-0.4, -0.2) is 39.5 Å². The van der Waals surface area contributed by atoms with Crippen LogP contribution in [0.5, 0.6) is 5.75 Å². The molecule has 0 radical (unpaired) electrons. The number of para-hydroxylation sites is 1. The van der Waals surface area contributed by atoms with E-state index >= 15 is 0 Å². The second kappa shape index (κ2) is 7.07. The maximum Gasteiger partial charge on any atom is 0.222 e. The molecule has 7 nitrogen and oxygen atoms in total. The van der Waals surface area contributed by atoms with Gasteiger partial charge >= 0.3 is 0 Å². The molecule has 26 heavy (non-hydrogen) atoms. The summed E-state index contributed by atoms with van der Waals surface area (Å²) in [5.41, 5.74) is 0.800. The lowest BCUT2D eigenvalue weighted by Crippen LogP contribution is -2.48. The Morgan fingerprint density at radius 3 is 2.96 bits per heavy atom. The lowest BCUT2D eigenvalue weighted by Gasteiger charge is -2.44. The number of carbonyl (C=O) groups is 1. The first kappa shape index (κ1) is 17.0. The number of hydrogen-bond donors (Lipinski definition) is 1. The van der Waals surface area contributed by atoms with Crippen LogP contribution in [0, 0.1) is 0 Å². The Morgan fingerprint density at radius 2 is 2.19 bits per heavy atom. The molecule has 0 saturated carbocycles. The molecule has 0 bridgehead atoms. The Hall–Kier alpha value is -2.41. The number of rotatable bonds is 4. The molecule has 1 spiro atoms. The highest BCUT2D eigenvalue weighted by Crippen LogP contribution is 2.43. The molecule has 1 aromatic carbocycles. The fraction of sp³-hybridized carbons (Fsp3) is 0.526. The average Bonchev–Trinajstić information content (AvgIpc) is 3.17. The zero-order chi connectivity index (χ0) is 18.0. The SMILES string of the molecule is C[C@H](CC(=O)N[C@H]1CC2(CCOCC2)Oc2ccccc21)n1cncn1. The summed E-state index contributed by atoms with van der Waals surface area (Å²) in [7, 11) is 0. The Morgan fingerprint density at radius 1 is 1.38 bits per heavy atom. The van der Waals surface area contributed by atoms with E-state index in [4.69, 9.17) is 9.47 Å². The molecule has 1 amide bonds. The topological polar surface area (TPSA) is 78.3 Å². The molecular weight excluding hydrogens is 332 g/mol. The summed E-state index contributed by atoms with van der Waals surface area (Å²) in [6, 6.07) is 7.90. The molecule has 138 valence electrons. The van der Waals surface area contributed by atoms with Gasteiger partial charge in [-0.3, -0.25) is 4.79 Å². The first-order valence-electron chi connectivity index (χ1n) is 9.14. The van der Waals surface area contributed by atoms with E-state index in [1.807, 2.05) is 31.2 Å². The minimum atomic E-state index is -0.248. The van der Waals surface area contributed by atoms with Gasteiger partial charge in [0.05, 0.1) is 25.3 Å². The van der Waals surface area contributed by atoms with Gasteiger partial charge in [-0.2, -0.15) is 5.10 Å². The highest BCUT2D eigenvalue weighted by molar-refractivity contribution is 5.77. The fourth-order valence-electron chi connectivity index (χ4n) is 3.86. The van der Waals surface area contributed by atoms with Gasteiger partial charge in [-0.05, 0) is 13.0 Å². The first-order chi connectivity index (χ1) is 12.7. The second-order valence-corrected chi connectivity index (χ2v) is 7.19. The average molecular weight is 356 g/mol.